The van der Waals surface area contributed by atoms with E-state index >= 15 is 0 Å². The minimum absolute atomic E-state index is 0.0568. The second kappa shape index (κ2) is 6.10. The van der Waals surface area contributed by atoms with Gasteiger partial charge in [-0.25, -0.2) is 0 Å². The molecule has 0 heterocycles. The summed E-state index contributed by atoms with van der Waals surface area (Å²) < 4.78 is 5.98. The van der Waals surface area contributed by atoms with Crippen molar-refractivity contribution in [2.45, 2.75) is 40.3 Å². The number of nitrogens with two attached hydrogens (primary N) is 1. The number of aryl methyl sites for hydroxylation is 3. The van der Waals surface area contributed by atoms with Crippen LogP contribution in [0.2, 0.25) is 0 Å². The molecule has 0 aliphatic rings. The van der Waals surface area contributed by atoms with E-state index in [1.807, 2.05) is 19.1 Å². The summed E-state index contributed by atoms with van der Waals surface area (Å²) in [7, 11) is 0. The monoisotopic (exact) mass is 269 g/mol. The first kappa shape index (κ1) is 14.6. The lowest BCUT2D eigenvalue weighted by Crippen LogP contribution is -2.06. The third kappa shape index (κ3) is 3.20. The molecule has 0 unspecified atom stereocenters. The summed E-state index contributed by atoms with van der Waals surface area (Å²) in [6, 6.07) is 12.5. The van der Waals surface area contributed by atoms with Crippen LogP contribution in [0.4, 0.5) is 0 Å². The van der Waals surface area contributed by atoms with Crippen molar-refractivity contribution in [1.82, 2.24) is 0 Å². The molecule has 0 spiro atoms. The molecule has 0 aliphatic heterocycles. The minimum atomic E-state index is 0.0568. The van der Waals surface area contributed by atoms with Crippen LogP contribution in [0, 0.1) is 20.8 Å². The molecule has 2 N–H and O–H groups in total. The topological polar surface area (TPSA) is 35.2 Å². The lowest BCUT2D eigenvalue weighted by Gasteiger charge is -2.14. The summed E-state index contributed by atoms with van der Waals surface area (Å²) >= 11 is 0. The summed E-state index contributed by atoms with van der Waals surface area (Å²) in [6.07, 6.45) is 0. The highest BCUT2D eigenvalue weighted by atomic mass is 16.5. The Balaban J connectivity index is 2.15. The molecule has 1 atom stereocenters. The number of rotatable bonds is 4. The Kier molecular flexibility index (Phi) is 4.46. The fourth-order valence-corrected chi connectivity index (χ4v) is 2.34. The van der Waals surface area contributed by atoms with Gasteiger partial charge in [0, 0.05) is 6.04 Å². The number of hydrogen-bond donors (Lipinski definition) is 1. The van der Waals surface area contributed by atoms with Crippen LogP contribution in [-0.2, 0) is 6.61 Å². The summed E-state index contributed by atoms with van der Waals surface area (Å²) in [5, 5.41) is 0. The molecular weight excluding hydrogens is 246 g/mol. The van der Waals surface area contributed by atoms with Crippen molar-refractivity contribution >= 4 is 0 Å². The molecule has 20 heavy (non-hydrogen) atoms. The van der Waals surface area contributed by atoms with E-state index in [1.165, 1.54) is 16.7 Å². The Morgan fingerprint density at radius 3 is 2.20 bits per heavy atom. The fraction of sp³-hybridized carbons (Fsp3) is 0.333. The van der Waals surface area contributed by atoms with Crippen molar-refractivity contribution in [3.05, 3.63) is 64.2 Å². The molecule has 0 aromatic heterocycles. The quantitative estimate of drug-likeness (QED) is 0.902. The predicted molar refractivity (Wildman–Crippen MR) is 84.0 cm³/mol. The van der Waals surface area contributed by atoms with Gasteiger partial charge in [0.1, 0.15) is 12.4 Å². The van der Waals surface area contributed by atoms with E-state index < -0.39 is 0 Å². The second-order valence-electron chi connectivity index (χ2n) is 5.47. The highest BCUT2D eigenvalue weighted by molar-refractivity contribution is 5.38. The van der Waals surface area contributed by atoms with E-state index in [9.17, 15) is 0 Å². The van der Waals surface area contributed by atoms with Gasteiger partial charge in [-0.3, -0.25) is 0 Å². The van der Waals surface area contributed by atoms with Gasteiger partial charge in [0.2, 0.25) is 0 Å². The maximum absolute atomic E-state index is 5.98. The first-order valence-corrected chi connectivity index (χ1v) is 7.03. The van der Waals surface area contributed by atoms with Gasteiger partial charge >= 0.3 is 0 Å². The SMILES string of the molecule is Cc1cc([C@H](C)N)ccc1OCc1c(C)cccc1C. The minimum Gasteiger partial charge on any atom is -0.489 e. The van der Waals surface area contributed by atoms with Crippen LogP contribution in [0.15, 0.2) is 36.4 Å². The smallest absolute Gasteiger partial charge is 0.122 e. The van der Waals surface area contributed by atoms with Crippen molar-refractivity contribution in [3.63, 3.8) is 0 Å². The van der Waals surface area contributed by atoms with Crippen LogP contribution in [0.5, 0.6) is 5.75 Å². The van der Waals surface area contributed by atoms with Gasteiger partial charge in [-0.15, -0.1) is 0 Å². The van der Waals surface area contributed by atoms with E-state index in [-0.39, 0.29) is 6.04 Å². The van der Waals surface area contributed by atoms with E-state index in [4.69, 9.17) is 10.5 Å². The summed E-state index contributed by atoms with van der Waals surface area (Å²) in [4.78, 5) is 0. The maximum Gasteiger partial charge on any atom is 0.122 e. The van der Waals surface area contributed by atoms with E-state index in [2.05, 4.69) is 45.0 Å². The maximum atomic E-state index is 5.98. The van der Waals surface area contributed by atoms with Crippen LogP contribution in [0.25, 0.3) is 0 Å². The molecule has 2 aromatic carbocycles. The molecule has 2 heteroatoms. The Morgan fingerprint density at radius 1 is 1.00 bits per heavy atom. The largest absolute Gasteiger partial charge is 0.489 e. The van der Waals surface area contributed by atoms with E-state index in [0.29, 0.717) is 6.61 Å². The molecule has 0 amide bonds. The third-order valence-corrected chi connectivity index (χ3v) is 3.74. The zero-order valence-corrected chi connectivity index (χ0v) is 12.7. The molecular formula is C18H23NO. The molecule has 2 aromatic rings. The van der Waals surface area contributed by atoms with Gasteiger partial charge in [0.05, 0.1) is 0 Å². The highest BCUT2D eigenvalue weighted by Gasteiger charge is 2.07. The Morgan fingerprint density at radius 2 is 1.65 bits per heavy atom. The standard InChI is InChI=1S/C18H23NO/c1-12-6-5-7-13(2)17(12)11-20-18-9-8-16(15(4)19)10-14(18)3/h5-10,15H,11,19H2,1-4H3/t15-/m0/s1. The first-order valence-electron chi connectivity index (χ1n) is 7.03. The fourth-order valence-electron chi connectivity index (χ4n) is 2.34. The lowest BCUT2D eigenvalue weighted by molar-refractivity contribution is 0.302. The molecule has 0 saturated carbocycles. The Bertz CT molecular complexity index is 582. The van der Waals surface area contributed by atoms with Crippen LogP contribution >= 0.6 is 0 Å². The molecule has 0 radical (unpaired) electrons. The van der Waals surface area contributed by atoms with Crippen LogP contribution in [0.1, 0.15) is 40.8 Å². The second-order valence-corrected chi connectivity index (χ2v) is 5.47. The molecule has 0 fully saturated rings. The lowest BCUT2D eigenvalue weighted by atomic mass is 10.0. The van der Waals surface area contributed by atoms with Gasteiger partial charge in [0.15, 0.2) is 0 Å². The van der Waals surface area contributed by atoms with Crippen LogP contribution in [0.3, 0.4) is 0 Å². The molecule has 2 nitrogen and oxygen atoms in total. The Labute approximate surface area is 121 Å². The van der Waals surface area contributed by atoms with Crippen molar-refractivity contribution in [2.75, 3.05) is 0 Å². The van der Waals surface area contributed by atoms with Crippen molar-refractivity contribution in [3.8, 4) is 5.75 Å². The average molecular weight is 269 g/mol. The molecule has 0 saturated heterocycles. The van der Waals surface area contributed by atoms with Gasteiger partial charge in [0.25, 0.3) is 0 Å². The molecule has 2 rings (SSSR count). The average Bonchev–Trinajstić information content (AvgIpc) is 2.39. The number of benzene rings is 2. The number of ether oxygens (including phenoxy) is 1. The summed E-state index contributed by atoms with van der Waals surface area (Å²) in [6.45, 7) is 8.91. The van der Waals surface area contributed by atoms with Gasteiger partial charge in [-0.05, 0) is 61.6 Å². The first-order chi connectivity index (χ1) is 9.49. The van der Waals surface area contributed by atoms with Crippen LogP contribution < -0.4 is 10.5 Å². The zero-order chi connectivity index (χ0) is 14.7. The predicted octanol–water partition coefficient (Wildman–Crippen LogP) is 4.21. The molecule has 106 valence electrons. The van der Waals surface area contributed by atoms with Crippen LogP contribution in [-0.4, -0.2) is 0 Å². The zero-order valence-electron chi connectivity index (χ0n) is 12.7. The summed E-state index contributed by atoms with van der Waals surface area (Å²) in [5.74, 6) is 0.928. The molecule has 0 bridgehead atoms. The van der Waals surface area contributed by atoms with Gasteiger partial charge < -0.3 is 10.5 Å². The van der Waals surface area contributed by atoms with E-state index in [0.717, 1.165) is 16.9 Å². The number of hydrogen-bond acceptors (Lipinski definition) is 2. The summed E-state index contributed by atoms with van der Waals surface area (Å²) in [5.41, 5.74) is 12.0. The van der Waals surface area contributed by atoms with Crippen molar-refractivity contribution in [2.24, 2.45) is 5.73 Å². The van der Waals surface area contributed by atoms with Gasteiger partial charge in [-0.1, -0.05) is 30.3 Å². The van der Waals surface area contributed by atoms with Crippen molar-refractivity contribution < 1.29 is 4.74 Å². The third-order valence-electron chi connectivity index (χ3n) is 3.74. The van der Waals surface area contributed by atoms with E-state index in [1.54, 1.807) is 0 Å². The molecule has 0 aliphatic carbocycles. The highest BCUT2D eigenvalue weighted by Crippen LogP contribution is 2.24. The van der Waals surface area contributed by atoms with Crippen molar-refractivity contribution in [1.29, 1.82) is 0 Å². The van der Waals surface area contributed by atoms with Gasteiger partial charge in [-0.2, -0.15) is 0 Å². The Hall–Kier alpha value is -1.80. The normalized spacial score (nSPS) is 12.2.